The fraction of sp³-hybridized carbons (Fsp3) is 0.367. The molecule has 1 aliphatic rings. The number of carbonyl (C=O) groups is 1. The predicted molar refractivity (Wildman–Crippen MR) is 240 cm³/mol. The summed E-state index contributed by atoms with van der Waals surface area (Å²) in [5.74, 6) is 4.16. The van der Waals surface area contributed by atoms with Crippen LogP contribution in [0.25, 0.3) is 0 Å². The summed E-state index contributed by atoms with van der Waals surface area (Å²) < 4.78 is 63.9. The number of Topliss-reactive ketones (excluding diaryl/α,β-unsaturated/α-hetero) is 1. The van der Waals surface area contributed by atoms with Gasteiger partial charge >= 0.3 is 5.69 Å². The van der Waals surface area contributed by atoms with Crippen LogP contribution in [-0.4, -0.2) is 84.5 Å². The number of benzene rings is 4. The molecule has 14 heteroatoms. The van der Waals surface area contributed by atoms with Crippen molar-refractivity contribution in [3.05, 3.63) is 154 Å². The lowest BCUT2D eigenvalue weighted by molar-refractivity contribution is -0.120. The first-order chi connectivity index (χ1) is 30.5. The van der Waals surface area contributed by atoms with E-state index in [2.05, 4.69) is 10.9 Å². The van der Waals surface area contributed by atoms with Crippen molar-refractivity contribution in [1.82, 2.24) is 14.2 Å². The normalized spacial score (nSPS) is 18.0. The first-order valence-corrected chi connectivity index (χ1v) is 22.0. The Bertz CT molecular complexity index is 2250. The van der Waals surface area contributed by atoms with E-state index in [9.17, 15) is 9.59 Å². The van der Waals surface area contributed by atoms with Crippen LogP contribution in [0.2, 0.25) is 0 Å². The third-order valence-corrected chi connectivity index (χ3v) is 12.6. The summed E-state index contributed by atoms with van der Waals surface area (Å²) in [6.45, 7) is 7.80. The van der Waals surface area contributed by atoms with Crippen molar-refractivity contribution in [2.45, 2.75) is 82.8 Å². The van der Waals surface area contributed by atoms with Crippen LogP contribution in [0.3, 0.4) is 0 Å². The number of para-hydroxylation sites is 1. The van der Waals surface area contributed by atoms with Crippen molar-refractivity contribution in [3.63, 3.8) is 0 Å². The van der Waals surface area contributed by atoms with Crippen molar-refractivity contribution in [2.24, 2.45) is 0 Å². The summed E-state index contributed by atoms with van der Waals surface area (Å²) in [5.41, 5.74) is 0.438. The van der Waals surface area contributed by atoms with Crippen LogP contribution in [0, 0.1) is 12.3 Å². The van der Waals surface area contributed by atoms with Crippen LogP contribution in [-0.2, 0) is 35.3 Å². The van der Waals surface area contributed by atoms with E-state index in [1.165, 1.54) is 12.3 Å². The lowest BCUT2D eigenvalue weighted by Crippen LogP contribution is -2.41. The average Bonchev–Trinajstić information content (AvgIpc) is 3.60. The Morgan fingerprint density at radius 2 is 1.43 bits per heavy atom. The van der Waals surface area contributed by atoms with E-state index in [0.717, 1.165) is 21.3 Å². The standard InChI is InChI=1S/C49H55FN3O9P/c1-8-9-30-60-63(53(34(2)3)35(4)5)62-46-44(61-47(45(46)50)52-29-28-39(51-48(52)55)31-40(54)32-58-43-18-14-11-15-19-43)33-59-49(36-16-12-10-13-17-36,37-20-24-41(56-6)25-21-37)38-22-26-42(57-7)27-23-38/h1,10-29,34-35,44-47H,9,30-33H2,2-7H3. The number of nitrogens with zero attached hydrogens (tertiary/aromatic N) is 3. The molecular weight excluding hydrogens is 825 g/mol. The largest absolute Gasteiger partial charge is 0.497 e. The number of alkyl halides is 1. The molecule has 0 saturated carbocycles. The number of rotatable bonds is 22. The van der Waals surface area contributed by atoms with Crippen molar-refractivity contribution < 1.29 is 41.9 Å². The molecule has 1 fully saturated rings. The Morgan fingerprint density at radius 3 is 1.97 bits per heavy atom. The van der Waals surface area contributed by atoms with E-state index in [-0.39, 0.29) is 49.8 Å². The van der Waals surface area contributed by atoms with Crippen LogP contribution < -0.4 is 19.9 Å². The van der Waals surface area contributed by atoms with Crippen molar-refractivity contribution in [2.75, 3.05) is 34.0 Å². The van der Waals surface area contributed by atoms with Gasteiger partial charge in [-0.05, 0) is 86.8 Å². The Balaban J connectivity index is 1.38. The molecule has 1 aromatic heterocycles. The van der Waals surface area contributed by atoms with E-state index < -0.39 is 44.4 Å². The van der Waals surface area contributed by atoms with Gasteiger partial charge in [-0.3, -0.25) is 9.36 Å². The maximum absolute atomic E-state index is 17.4. The second-order valence-corrected chi connectivity index (χ2v) is 16.8. The molecule has 12 nitrogen and oxygen atoms in total. The van der Waals surface area contributed by atoms with E-state index in [1.54, 1.807) is 38.5 Å². The Kier molecular flexibility index (Phi) is 16.6. The van der Waals surface area contributed by atoms with Crippen molar-refractivity contribution >= 4 is 14.3 Å². The average molecular weight is 880 g/mol. The lowest BCUT2D eigenvalue weighted by atomic mass is 9.80. The number of ether oxygens (including phenoxy) is 5. The fourth-order valence-electron chi connectivity index (χ4n) is 7.54. The maximum atomic E-state index is 17.4. The molecule has 332 valence electrons. The minimum absolute atomic E-state index is 0.0520. The van der Waals surface area contributed by atoms with E-state index in [4.69, 9.17) is 39.2 Å². The van der Waals surface area contributed by atoms with Crippen LogP contribution in [0.5, 0.6) is 17.2 Å². The molecule has 5 aromatic rings. The highest BCUT2D eigenvalue weighted by atomic mass is 31.2. The third kappa shape index (κ3) is 11.4. The van der Waals surface area contributed by atoms with E-state index >= 15 is 4.39 Å². The molecule has 0 amide bonds. The monoisotopic (exact) mass is 879 g/mol. The number of hydrogen-bond donors (Lipinski definition) is 0. The zero-order valence-electron chi connectivity index (χ0n) is 36.5. The topological polar surface area (TPSA) is 120 Å². The van der Waals surface area contributed by atoms with Crippen LogP contribution in [0.4, 0.5) is 4.39 Å². The van der Waals surface area contributed by atoms with Gasteiger partial charge in [-0.25, -0.2) is 13.9 Å². The van der Waals surface area contributed by atoms with Gasteiger partial charge in [-0.2, -0.15) is 4.98 Å². The lowest BCUT2D eigenvalue weighted by Gasteiger charge is -2.39. The SMILES string of the molecule is C#CCCOP(OC1C(COC(c2ccccc2)(c2ccc(OC)cc2)c2ccc(OC)cc2)OC(n2ccc(CC(=O)COc3ccccc3)nc2=O)C1F)N(C(C)C)C(C)C. The molecule has 5 atom stereocenters. The molecule has 0 N–H and O–H groups in total. The Morgan fingerprint density at radius 1 is 0.857 bits per heavy atom. The number of ketones is 1. The number of aromatic nitrogens is 2. The third-order valence-electron chi connectivity index (χ3n) is 10.5. The van der Waals surface area contributed by atoms with Crippen LogP contribution in [0.15, 0.2) is 126 Å². The first-order valence-electron chi connectivity index (χ1n) is 20.9. The zero-order chi connectivity index (χ0) is 44.9. The molecule has 63 heavy (non-hydrogen) atoms. The highest BCUT2D eigenvalue weighted by Crippen LogP contribution is 2.51. The quantitative estimate of drug-likeness (QED) is 0.0288. The molecule has 2 heterocycles. The molecule has 0 spiro atoms. The summed E-state index contributed by atoms with van der Waals surface area (Å²) in [6.07, 6.45) is 1.38. The molecule has 5 unspecified atom stereocenters. The van der Waals surface area contributed by atoms with Gasteiger partial charge in [0.1, 0.15) is 41.7 Å². The molecule has 1 aliphatic heterocycles. The minimum atomic E-state index is -1.91. The van der Waals surface area contributed by atoms with Gasteiger partial charge in [-0.1, -0.05) is 72.8 Å². The van der Waals surface area contributed by atoms with Crippen LogP contribution in [0.1, 0.15) is 62.7 Å². The number of terminal acetylenes is 1. The number of hydrogen-bond acceptors (Lipinski definition) is 11. The molecule has 0 bridgehead atoms. The maximum Gasteiger partial charge on any atom is 0.350 e. The molecule has 0 radical (unpaired) electrons. The van der Waals surface area contributed by atoms with Gasteiger partial charge in [0.15, 0.2) is 18.2 Å². The summed E-state index contributed by atoms with van der Waals surface area (Å²) in [5, 5.41) is 0. The smallest absolute Gasteiger partial charge is 0.350 e. The summed E-state index contributed by atoms with van der Waals surface area (Å²) in [7, 11) is 1.29. The van der Waals surface area contributed by atoms with Crippen molar-refractivity contribution in [1.29, 1.82) is 0 Å². The summed E-state index contributed by atoms with van der Waals surface area (Å²) in [6, 6.07) is 35.1. The molecular formula is C49H55FN3O9P. The Labute approximate surface area is 370 Å². The second kappa shape index (κ2) is 22.3. The van der Waals surface area contributed by atoms with Gasteiger partial charge in [0.25, 0.3) is 8.53 Å². The summed E-state index contributed by atoms with van der Waals surface area (Å²) in [4.78, 5) is 30.7. The summed E-state index contributed by atoms with van der Waals surface area (Å²) >= 11 is 0. The molecule has 6 rings (SSSR count). The van der Waals surface area contributed by atoms with Gasteiger partial charge in [0, 0.05) is 24.7 Å². The fourth-order valence-corrected chi connectivity index (χ4v) is 9.31. The molecule has 1 saturated heterocycles. The van der Waals surface area contributed by atoms with E-state index in [1.807, 2.05) is 117 Å². The predicted octanol–water partition coefficient (Wildman–Crippen LogP) is 8.47. The van der Waals surface area contributed by atoms with Gasteiger partial charge in [0.2, 0.25) is 0 Å². The number of methoxy groups -OCH3 is 2. The number of carbonyl (C=O) groups excluding carboxylic acids is 1. The van der Waals surface area contributed by atoms with Gasteiger partial charge in [-0.15, -0.1) is 12.3 Å². The second-order valence-electron chi connectivity index (χ2n) is 15.4. The Hall–Kier alpha value is -5.45. The van der Waals surface area contributed by atoms with Crippen molar-refractivity contribution in [3.8, 4) is 29.6 Å². The highest BCUT2D eigenvalue weighted by Gasteiger charge is 2.51. The molecule has 0 aliphatic carbocycles. The minimum Gasteiger partial charge on any atom is -0.497 e. The first kappa shape index (κ1) is 47.0. The zero-order valence-corrected chi connectivity index (χ0v) is 37.4. The highest BCUT2D eigenvalue weighted by molar-refractivity contribution is 7.44. The van der Waals surface area contributed by atoms with Gasteiger partial charge in [0.05, 0.1) is 39.5 Å². The molecule has 4 aromatic carbocycles. The van der Waals surface area contributed by atoms with Crippen LogP contribution >= 0.6 is 8.53 Å². The van der Waals surface area contributed by atoms with Gasteiger partial charge < -0.3 is 32.7 Å². The van der Waals surface area contributed by atoms with E-state index in [0.29, 0.717) is 23.7 Å². The number of halogens is 1.